The van der Waals surface area contributed by atoms with Crippen LogP contribution in [0.2, 0.25) is 0 Å². The number of halogens is 2. The fourth-order valence-corrected chi connectivity index (χ4v) is 3.17. The zero-order valence-electron chi connectivity index (χ0n) is 8.76. The van der Waals surface area contributed by atoms with Crippen molar-refractivity contribution in [1.82, 2.24) is 0 Å². The molecule has 0 N–H and O–H groups in total. The van der Waals surface area contributed by atoms with E-state index in [1.807, 2.05) is 0 Å². The van der Waals surface area contributed by atoms with Crippen LogP contribution in [0.15, 0.2) is 22.7 Å². The molecule has 1 rings (SSSR count). The summed E-state index contributed by atoms with van der Waals surface area (Å²) in [5.74, 6) is -0.872. The van der Waals surface area contributed by atoms with Gasteiger partial charge in [0.15, 0.2) is 0 Å². The Hall–Kier alpha value is -0.660. The first-order chi connectivity index (χ1) is 7.70. The SMILES string of the molecule is CC(CS(=O)(=O)Cl)c1ccc(Br)cc1[N+](=O)[O-]. The van der Waals surface area contributed by atoms with Crippen molar-refractivity contribution in [3.05, 3.63) is 38.3 Å². The van der Waals surface area contributed by atoms with Crippen LogP contribution in [-0.4, -0.2) is 19.1 Å². The Bertz CT molecular complexity index is 546. The molecule has 1 atom stereocenters. The summed E-state index contributed by atoms with van der Waals surface area (Å²) in [7, 11) is 1.45. The first-order valence-electron chi connectivity index (χ1n) is 4.57. The zero-order chi connectivity index (χ0) is 13.2. The van der Waals surface area contributed by atoms with E-state index >= 15 is 0 Å². The average molecular weight is 343 g/mol. The highest BCUT2D eigenvalue weighted by Crippen LogP contribution is 2.30. The van der Waals surface area contributed by atoms with E-state index in [4.69, 9.17) is 10.7 Å². The van der Waals surface area contributed by atoms with E-state index < -0.39 is 19.9 Å². The largest absolute Gasteiger partial charge is 0.274 e. The topological polar surface area (TPSA) is 77.3 Å². The second-order valence-electron chi connectivity index (χ2n) is 3.57. The summed E-state index contributed by atoms with van der Waals surface area (Å²) in [6.07, 6.45) is 0. The van der Waals surface area contributed by atoms with Crippen molar-refractivity contribution in [2.75, 3.05) is 5.75 Å². The lowest BCUT2D eigenvalue weighted by molar-refractivity contribution is -0.385. The molecule has 1 aromatic rings. The lowest BCUT2D eigenvalue weighted by Gasteiger charge is -2.10. The molecule has 0 bridgehead atoms. The third kappa shape index (κ3) is 4.25. The van der Waals surface area contributed by atoms with Gasteiger partial charge in [-0.3, -0.25) is 10.1 Å². The molecular formula is C9H9BrClNO4S. The van der Waals surface area contributed by atoms with Crippen molar-refractivity contribution < 1.29 is 13.3 Å². The van der Waals surface area contributed by atoms with E-state index in [1.165, 1.54) is 12.1 Å². The number of hydrogen-bond donors (Lipinski definition) is 0. The van der Waals surface area contributed by atoms with Gasteiger partial charge in [0.25, 0.3) is 5.69 Å². The van der Waals surface area contributed by atoms with Crippen LogP contribution < -0.4 is 0 Å². The molecule has 0 saturated carbocycles. The van der Waals surface area contributed by atoms with Crippen LogP contribution >= 0.6 is 26.6 Å². The van der Waals surface area contributed by atoms with Crippen LogP contribution in [-0.2, 0) is 9.05 Å². The normalized spacial score (nSPS) is 13.4. The third-order valence-electron chi connectivity index (χ3n) is 2.17. The molecule has 17 heavy (non-hydrogen) atoms. The summed E-state index contributed by atoms with van der Waals surface area (Å²) in [5.41, 5.74) is 0.231. The van der Waals surface area contributed by atoms with Crippen molar-refractivity contribution in [1.29, 1.82) is 0 Å². The fourth-order valence-electron chi connectivity index (χ4n) is 1.48. The number of nitrogens with zero attached hydrogens (tertiary/aromatic N) is 1. The van der Waals surface area contributed by atoms with E-state index in [9.17, 15) is 18.5 Å². The minimum Gasteiger partial charge on any atom is -0.258 e. The van der Waals surface area contributed by atoms with Crippen molar-refractivity contribution in [2.24, 2.45) is 0 Å². The summed E-state index contributed by atoms with van der Waals surface area (Å²) >= 11 is 3.13. The molecular weight excluding hydrogens is 334 g/mol. The number of nitro benzene ring substituents is 1. The predicted molar refractivity (Wildman–Crippen MR) is 68.9 cm³/mol. The van der Waals surface area contributed by atoms with Gasteiger partial charge in [-0.25, -0.2) is 8.42 Å². The van der Waals surface area contributed by atoms with Crippen LogP contribution in [0.3, 0.4) is 0 Å². The molecule has 0 spiro atoms. The maximum absolute atomic E-state index is 10.9. The highest BCUT2D eigenvalue weighted by Gasteiger charge is 2.22. The van der Waals surface area contributed by atoms with E-state index in [0.717, 1.165) is 0 Å². The van der Waals surface area contributed by atoms with Crippen LogP contribution in [0, 0.1) is 10.1 Å². The molecule has 0 heterocycles. The van der Waals surface area contributed by atoms with Gasteiger partial charge in [-0.15, -0.1) is 0 Å². The molecule has 1 unspecified atom stereocenters. The van der Waals surface area contributed by atoms with Crippen molar-refractivity contribution >= 4 is 41.4 Å². The summed E-state index contributed by atoms with van der Waals surface area (Å²) in [5, 5.41) is 10.8. The Morgan fingerprint density at radius 3 is 2.59 bits per heavy atom. The van der Waals surface area contributed by atoms with Crippen LogP contribution in [0.25, 0.3) is 0 Å². The molecule has 0 amide bonds. The van der Waals surface area contributed by atoms with Gasteiger partial charge >= 0.3 is 0 Å². The Morgan fingerprint density at radius 1 is 1.53 bits per heavy atom. The van der Waals surface area contributed by atoms with Crippen molar-refractivity contribution in [3.63, 3.8) is 0 Å². The maximum Gasteiger partial charge on any atom is 0.274 e. The molecule has 8 heteroatoms. The molecule has 0 aliphatic heterocycles. The maximum atomic E-state index is 10.9. The van der Waals surface area contributed by atoms with Crippen molar-refractivity contribution in [2.45, 2.75) is 12.8 Å². The summed E-state index contributed by atoms with van der Waals surface area (Å²) in [6.45, 7) is 1.58. The van der Waals surface area contributed by atoms with Crippen LogP contribution in [0.5, 0.6) is 0 Å². The lowest BCUT2D eigenvalue weighted by atomic mass is 10.0. The monoisotopic (exact) mass is 341 g/mol. The summed E-state index contributed by atoms with van der Waals surface area (Å²) in [6, 6.07) is 4.49. The highest BCUT2D eigenvalue weighted by atomic mass is 79.9. The predicted octanol–water partition coefficient (Wildman–Crippen LogP) is 3.03. The smallest absolute Gasteiger partial charge is 0.258 e. The zero-order valence-corrected chi connectivity index (χ0v) is 11.9. The van der Waals surface area contributed by atoms with Gasteiger partial charge in [0.2, 0.25) is 9.05 Å². The Balaban J connectivity index is 3.17. The minimum atomic E-state index is -3.69. The van der Waals surface area contributed by atoms with Gasteiger partial charge in [0, 0.05) is 32.7 Å². The van der Waals surface area contributed by atoms with Crippen molar-refractivity contribution in [3.8, 4) is 0 Å². The third-order valence-corrected chi connectivity index (χ3v) is 3.94. The summed E-state index contributed by atoms with van der Waals surface area (Å²) in [4.78, 5) is 10.3. The number of hydrogen-bond acceptors (Lipinski definition) is 4. The lowest BCUT2D eigenvalue weighted by Crippen LogP contribution is -2.09. The van der Waals surface area contributed by atoms with Gasteiger partial charge in [-0.2, -0.15) is 0 Å². The quantitative estimate of drug-likeness (QED) is 0.479. The molecule has 0 aliphatic carbocycles. The number of rotatable bonds is 4. The van der Waals surface area contributed by atoms with E-state index in [-0.39, 0.29) is 11.4 Å². The van der Waals surface area contributed by atoms with Gasteiger partial charge in [0.05, 0.1) is 10.7 Å². The Kier molecular flexibility index (Phi) is 4.51. The molecule has 94 valence electrons. The highest BCUT2D eigenvalue weighted by molar-refractivity contribution is 9.10. The fraction of sp³-hybridized carbons (Fsp3) is 0.333. The Morgan fingerprint density at radius 2 is 2.12 bits per heavy atom. The van der Waals surface area contributed by atoms with E-state index in [0.29, 0.717) is 10.0 Å². The number of benzene rings is 1. The number of nitro groups is 1. The van der Waals surface area contributed by atoms with Gasteiger partial charge in [0.1, 0.15) is 0 Å². The van der Waals surface area contributed by atoms with Crippen LogP contribution in [0.1, 0.15) is 18.4 Å². The first-order valence-corrected chi connectivity index (χ1v) is 7.84. The van der Waals surface area contributed by atoms with Gasteiger partial charge in [-0.1, -0.05) is 28.9 Å². The Labute approximate surface area is 111 Å². The molecule has 0 aliphatic rings. The van der Waals surface area contributed by atoms with Gasteiger partial charge in [-0.05, 0) is 6.07 Å². The molecule has 0 radical (unpaired) electrons. The average Bonchev–Trinajstić information content (AvgIpc) is 2.14. The molecule has 0 saturated heterocycles. The summed E-state index contributed by atoms with van der Waals surface area (Å²) < 4.78 is 22.5. The molecule has 5 nitrogen and oxygen atoms in total. The standard InChI is InChI=1S/C9H9BrClNO4S/c1-6(5-17(11,15)16)8-3-2-7(10)4-9(8)12(13)14/h2-4,6H,5H2,1H3. The van der Waals surface area contributed by atoms with E-state index in [1.54, 1.807) is 13.0 Å². The molecule has 0 fully saturated rings. The second kappa shape index (κ2) is 5.32. The van der Waals surface area contributed by atoms with Gasteiger partial charge < -0.3 is 0 Å². The van der Waals surface area contributed by atoms with Crippen LogP contribution in [0.4, 0.5) is 5.69 Å². The molecule has 1 aromatic carbocycles. The first kappa shape index (κ1) is 14.4. The minimum absolute atomic E-state index is 0.118. The van der Waals surface area contributed by atoms with E-state index in [2.05, 4.69) is 15.9 Å². The second-order valence-corrected chi connectivity index (χ2v) is 7.30. The molecule has 0 aromatic heterocycles.